The number of carbonyl (C=O) groups is 2. The fourth-order valence-corrected chi connectivity index (χ4v) is 4.96. The third kappa shape index (κ3) is 7.05. The van der Waals surface area contributed by atoms with Gasteiger partial charge in [-0.2, -0.15) is 8.78 Å². The van der Waals surface area contributed by atoms with Crippen LogP contribution in [0.15, 0.2) is 59.5 Å². The van der Waals surface area contributed by atoms with Crippen molar-refractivity contribution in [2.45, 2.75) is 50.9 Å². The molecule has 0 saturated carbocycles. The van der Waals surface area contributed by atoms with E-state index in [9.17, 15) is 23.2 Å². The molecule has 2 aromatic carbocycles. The maximum absolute atomic E-state index is 13.6. The van der Waals surface area contributed by atoms with Crippen LogP contribution in [0.5, 0.6) is 11.5 Å². The van der Waals surface area contributed by atoms with Gasteiger partial charge in [0.05, 0.1) is 31.0 Å². The largest absolute Gasteiger partial charge is 0.495 e. The minimum absolute atomic E-state index is 0.0472. The van der Waals surface area contributed by atoms with E-state index in [1.165, 1.54) is 54.3 Å². The molecule has 0 spiro atoms. The number of hydrogen-bond donors (Lipinski definition) is 1. The summed E-state index contributed by atoms with van der Waals surface area (Å²) in [6.07, 6.45) is 3.91. The molecule has 1 aromatic heterocycles. The predicted molar refractivity (Wildman–Crippen MR) is 144 cm³/mol. The monoisotopic (exact) mass is 575 g/mol. The molecule has 212 valence electrons. The average molecular weight is 576 g/mol. The molecule has 4 rings (SSSR count). The standard InChI is InChI=1S/C29H28ClF2NO7/c1-38-26-16-33(27(35)15-22(26)21-13-19(30)9-10-25(21)40-29(31)32)23(14-20-4-2-3-11-39-20)24(34)12-17-5-7-18(8-6-17)28(36)37/h5-10,13,15-16,20,23,29H,2-4,11-12,14H2,1H3,(H,36,37)/t20-,23?/m1/s1. The lowest BCUT2D eigenvalue weighted by atomic mass is 9.95. The van der Waals surface area contributed by atoms with Gasteiger partial charge in [-0.1, -0.05) is 23.7 Å². The fourth-order valence-electron chi connectivity index (χ4n) is 4.78. The van der Waals surface area contributed by atoms with Gasteiger partial charge in [-0.3, -0.25) is 9.59 Å². The maximum atomic E-state index is 13.6. The fraction of sp³-hybridized carbons (Fsp3) is 0.345. The van der Waals surface area contributed by atoms with Crippen LogP contribution in [0.1, 0.15) is 47.6 Å². The van der Waals surface area contributed by atoms with Crippen LogP contribution in [-0.4, -0.2) is 47.9 Å². The first-order valence-corrected chi connectivity index (χ1v) is 13.1. The van der Waals surface area contributed by atoms with Gasteiger partial charge in [0.1, 0.15) is 11.5 Å². The second-order valence-corrected chi connectivity index (χ2v) is 9.84. The highest BCUT2D eigenvalue weighted by Crippen LogP contribution is 2.38. The Kier molecular flexibility index (Phi) is 9.54. The van der Waals surface area contributed by atoms with E-state index < -0.39 is 24.2 Å². The van der Waals surface area contributed by atoms with Crippen molar-refractivity contribution < 1.29 is 37.7 Å². The molecule has 0 bridgehead atoms. The zero-order chi connectivity index (χ0) is 28.8. The van der Waals surface area contributed by atoms with Crippen LogP contribution >= 0.6 is 11.6 Å². The molecule has 1 N–H and O–H groups in total. The SMILES string of the molecule is COc1cn(C(C[C@H]2CCCCO2)C(=O)Cc2ccc(C(=O)O)cc2)c(=O)cc1-c1cc(Cl)ccc1OC(F)F. The molecule has 1 unspecified atom stereocenters. The number of halogens is 3. The minimum Gasteiger partial charge on any atom is -0.495 e. The molecule has 40 heavy (non-hydrogen) atoms. The van der Waals surface area contributed by atoms with Crippen LogP contribution in [-0.2, 0) is 16.0 Å². The summed E-state index contributed by atoms with van der Waals surface area (Å²) in [4.78, 5) is 38.3. The van der Waals surface area contributed by atoms with Crippen molar-refractivity contribution in [2.75, 3.05) is 13.7 Å². The van der Waals surface area contributed by atoms with Crippen LogP contribution in [0.25, 0.3) is 11.1 Å². The zero-order valence-electron chi connectivity index (χ0n) is 21.6. The Morgan fingerprint density at radius 1 is 1.10 bits per heavy atom. The molecule has 2 atom stereocenters. The van der Waals surface area contributed by atoms with Gasteiger partial charge >= 0.3 is 12.6 Å². The first kappa shape index (κ1) is 29.2. The van der Waals surface area contributed by atoms with E-state index in [-0.39, 0.29) is 57.9 Å². The van der Waals surface area contributed by atoms with E-state index >= 15 is 0 Å². The Bertz CT molecular complexity index is 1420. The van der Waals surface area contributed by atoms with Crippen molar-refractivity contribution >= 4 is 23.4 Å². The van der Waals surface area contributed by atoms with Gasteiger partial charge < -0.3 is 23.9 Å². The number of benzene rings is 2. The average Bonchev–Trinajstić information content (AvgIpc) is 2.93. The third-order valence-electron chi connectivity index (χ3n) is 6.76. The Balaban J connectivity index is 1.74. The molecule has 2 heterocycles. The van der Waals surface area contributed by atoms with E-state index in [0.29, 0.717) is 12.2 Å². The van der Waals surface area contributed by atoms with Crippen LogP contribution in [0.2, 0.25) is 5.02 Å². The minimum atomic E-state index is -3.10. The van der Waals surface area contributed by atoms with Crippen molar-refractivity contribution in [2.24, 2.45) is 0 Å². The van der Waals surface area contributed by atoms with E-state index in [0.717, 1.165) is 19.3 Å². The van der Waals surface area contributed by atoms with Gasteiger partial charge in [0.2, 0.25) is 0 Å². The number of ketones is 1. The van der Waals surface area contributed by atoms with Crippen molar-refractivity contribution in [3.8, 4) is 22.6 Å². The van der Waals surface area contributed by atoms with Gasteiger partial charge in [0.15, 0.2) is 5.78 Å². The molecule has 0 radical (unpaired) electrons. The highest BCUT2D eigenvalue weighted by molar-refractivity contribution is 6.31. The number of ether oxygens (including phenoxy) is 3. The predicted octanol–water partition coefficient (Wildman–Crippen LogP) is 5.79. The topological polar surface area (TPSA) is 104 Å². The van der Waals surface area contributed by atoms with E-state index in [1.807, 2.05) is 0 Å². The van der Waals surface area contributed by atoms with Crippen LogP contribution < -0.4 is 15.0 Å². The summed E-state index contributed by atoms with van der Waals surface area (Å²) in [7, 11) is 1.36. The number of pyridine rings is 1. The molecular formula is C29H28ClF2NO7. The molecule has 1 aliphatic heterocycles. The number of nitrogens with zero attached hydrogens (tertiary/aromatic N) is 1. The number of carboxylic acid groups (broad SMARTS) is 1. The molecule has 8 nitrogen and oxygen atoms in total. The number of carboxylic acids is 1. The molecule has 11 heteroatoms. The number of aromatic nitrogens is 1. The lowest BCUT2D eigenvalue weighted by Gasteiger charge is -2.28. The number of aromatic carboxylic acids is 1. The molecular weight excluding hydrogens is 548 g/mol. The zero-order valence-corrected chi connectivity index (χ0v) is 22.4. The first-order chi connectivity index (χ1) is 19.2. The van der Waals surface area contributed by atoms with Crippen molar-refractivity contribution in [3.05, 3.63) is 81.2 Å². The second-order valence-electron chi connectivity index (χ2n) is 9.41. The molecule has 3 aromatic rings. The molecule has 0 amide bonds. The van der Waals surface area contributed by atoms with Crippen LogP contribution in [0, 0.1) is 0 Å². The molecule has 1 saturated heterocycles. The maximum Gasteiger partial charge on any atom is 0.387 e. The lowest BCUT2D eigenvalue weighted by molar-refractivity contribution is -0.123. The number of alkyl halides is 2. The van der Waals surface area contributed by atoms with Gasteiger partial charge in [0, 0.05) is 41.7 Å². The Hall–Kier alpha value is -3.76. The summed E-state index contributed by atoms with van der Waals surface area (Å²) in [5.41, 5.74) is 0.427. The Labute approximate surface area is 234 Å². The van der Waals surface area contributed by atoms with Crippen molar-refractivity contribution in [3.63, 3.8) is 0 Å². The normalized spacial score (nSPS) is 16.0. The van der Waals surface area contributed by atoms with Crippen molar-refractivity contribution in [1.82, 2.24) is 4.57 Å². The summed E-state index contributed by atoms with van der Waals surface area (Å²) < 4.78 is 43.4. The highest BCUT2D eigenvalue weighted by atomic mass is 35.5. The number of Topliss-reactive ketones (excluding diaryl/α,β-unsaturated/α-hetero) is 1. The Morgan fingerprint density at radius 2 is 1.82 bits per heavy atom. The van der Waals surface area contributed by atoms with Gasteiger partial charge in [-0.05, 0) is 55.2 Å². The smallest absolute Gasteiger partial charge is 0.387 e. The van der Waals surface area contributed by atoms with Gasteiger partial charge in [0.25, 0.3) is 5.56 Å². The molecule has 1 aliphatic rings. The molecule has 1 fully saturated rings. The Morgan fingerprint density at radius 3 is 2.45 bits per heavy atom. The van der Waals surface area contributed by atoms with Gasteiger partial charge in [-0.15, -0.1) is 0 Å². The summed E-state index contributed by atoms with van der Waals surface area (Å²) in [5, 5.41) is 9.39. The number of carbonyl (C=O) groups excluding carboxylic acids is 1. The van der Waals surface area contributed by atoms with Crippen LogP contribution in [0.3, 0.4) is 0 Å². The summed E-state index contributed by atoms with van der Waals surface area (Å²) in [5.74, 6) is -1.40. The van der Waals surface area contributed by atoms with Gasteiger partial charge in [-0.25, -0.2) is 4.79 Å². The summed E-state index contributed by atoms with van der Waals surface area (Å²) in [6, 6.07) is 10.3. The number of methoxy groups -OCH3 is 1. The quantitative estimate of drug-likeness (QED) is 0.309. The lowest BCUT2D eigenvalue weighted by Crippen LogP contribution is -2.34. The number of hydrogen-bond acceptors (Lipinski definition) is 6. The first-order valence-electron chi connectivity index (χ1n) is 12.7. The second kappa shape index (κ2) is 13.1. The van der Waals surface area contributed by atoms with Crippen LogP contribution in [0.4, 0.5) is 8.78 Å². The summed E-state index contributed by atoms with van der Waals surface area (Å²) >= 11 is 6.12. The summed E-state index contributed by atoms with van der Waals surface area (Å²) in [6.45, 7) is -2.55. The van der Waals surface area contributed by atoms with E-state index in [2.05, 4.69) is 4.74 Å². The van der Waals surface area contributed by atoms with Crippen molar-refractivity contribution in [1.29, 1.82) is 0 Å². The third-order valence-corrected chi connectivity index (χ3v) is 6.99. The number of rotatable bonds is 11. The van der Waals surface area contributed by atoms with E-state index in [1.54, 1.807) is 12.1 Å². The molecule has 0 aliphatic carbocycles. The highest BCUT2D eigenvalue weighted by Gasteiger charge is 2.29. The van der Waals surface area contributed by atoms with E-state index in [4.69, 9.17) is 26.2 Å².